The van der Waals surface area contributed by atoms with Gasteiger partial charge < -0.3 is 9.80 Å². The number of hydrogen-bond donors (Lipinski definition) is 0. The van der Waals surface area contributed by atoms with Gasteiger partial charge in [-0.15, -0.1) is 0 Å². The number of piperidine rings is 1. The first-order valence-electron chi connectivity index (χ1n) is 8.08. The molecule has 0 saturated carbocycles. The highest BCUT2D eigenvalue weighted by Gasteiger charge is 2.21. The van der Waals surface area contributed by atoms with E-state index >= 15 is 0 Å². The summed E-state index contributed by atoms with van der Waals surface area (Å²) in [6, 6.07) is 0.740. The van der Waals surface area contributed by atoms with Crippen LogP contribution >= 0.6 is 0 Å². The van der Waals surface area contributed by atoms with Crippen molar-refractivity contribution in [3.8, 4) is 0 Å². The van der Waals surface area contributed by atoms with Crippen LogP contribution in [0.4, 0.5) is 0 Å². The molecule has 2 heteroatoms. The van der Waals surface area contributed by atoms with Crippen molar-refractivity contribution in [1.29, 1.82) is 0 Å². The second-order valence-corrected chi connectivity index (χ2v) is 6.80. The first-order chi connectivity index (χ1) is 8.93. The monoisotopic (exact) mass is 266 g/mol. The fourth-order valence-corrected chi connectivity index (χ4v) is 3.04. The number of nitrogens with zero attached hydrogens (tertiary/aromatic N) is 2. The first kappa shape index (κ1) is 16.6. The molecule has 0 aromatic carbocycles. The maximum atomic E-state index is 2.63. The second kappa shape index (κ2) is 7.94. The second-order valence-electron chi connectivity index (χ2n) is 6.80. The van der Waals surface area contributed by atoms with Gasteiger partial charge in [0, 0.05) is 32.7 Å². The van der Waals surface area contributed by atoms with E-state index in [1.165, 1.54) is 38.9 Å². The van der Waals surface area contributed by atoms with Gasteiger partial charge in [-0.05, 0) is 37.3 Å². The zero-order chi connectivity index (χ0) is 14.4. The lowest BCUT2D eigenvalue weighted by Crippen LogP contribution is -2.42. The molecule has 0 radical (unpaired) electrons. The van der Waals surface area contributed by atoms with E-state index in [0.717, 1.165) is 12.0 Å². The lowest BCUT2D eigenvalue weighted by atomic mass is 9.99. The Kier molecular flexibility index (Phi) is 6.92. The van der Waals surface area contributed by atoms with Crippen LogP contribution in [0.25, 0.3) is 0 Å². The van der Waals surface area contributed by atoms with Crippen molar-refractivity contribution in [3.05, 3.63) is 11.8 Å². The van der Waals surface area contributed by atoms with Gasteiger partial charge in [-0.1, -0.05) is 40.2 Å². The predicted octanol–water partition coefficient (Wildman–Crippen LogP) is 3.99. The highest BCUT2D eigenvalue weighted by atomic mass is 15.2. The molecule has 1 heterocycles. The molecule has 0 N–H and O–H groups in total. The van der Waals surface area contributed by atoms with Gasteiger partial charge in [0.1, 0.15) is 0 Å². The molecular formula is C17H34N2. The minimum atomic E-state index is 0.675. The molecule has 1 rings (SSSR count). The molecule has 0 aromatic rings. The lowest BCUT2D eigenvalue weighted by Gasteiger charge is -2.37. The average Bonchev–Trinajstić information content (AvgIpc) is 2.35. The Morgan fingerprint density at radius 2 is 1.79 bits per heavy atom. The molecule has 0 amide bonds. The van der Waals surface area contributed by atoms with Gasteiger partial charge >= 0.3 is 0 Å². The Morgan fingerprint density at radius 3 is 2.21 bits per heavy atom. The van der Waals surface area contributed by atoms with Crippen LogP contribution in [-0.4, -0.2) is 42.5 Å². The third-order valence-electron chi connectivity index (χ3n) is 4.28. The van der Waals surface area contributed by atoms with Crippen LogP contribution in [0.15, 0.2) is 11.8 Å². The summed E-state index contributed by atoms with van der Waals surface area (Å²) in [6.45, 7) is 15.3. The van der Waals surface area contributed by atoms with E-state index in [0.29, 0.717) is 5.92 Å². The van der Waals surface area contributed by atoms with Crippen LogP contribution < -0.4 is 0 Å². The molecule has 2 nitrogen and oxygen atoms in total. The summed E-state index contributed by atoms with van der Waals surface area (Å²) >= 11 is 0. The van der Waals surface area contributed by atoms with Crippen molar-refractivity contribution in [1.82, 2.24) is 9.80 Å². The maximum absolute atomic E-state index is 2.63. The van der Waals surface area contributed by atoms with Gasteiger partial charge in [-0.25, -0.2) is 0 Å². The summed E-state index contributed by atoms with van der Waals surface area (Å²) in [5.74, 6) is 1.47. The van der Waals surface area contributed by atoms with Crippen LogP contribution in [0, 0.1) is 11.8 Å². The molecule has 0 bridgehead atoms. The topological polar surface area (TPSA) is 6.48 Å². The molecule has 112 valence electrons. The van der Waals surface area contributed by atoms with Gasteiger partial charge in [-0.2, -0.15) is 0 Å². The molecule has 1 saturated heterocycles. The average molecular weight is 266 g/mol. The van der Waals surface area contributed by atoms with E-state index in [1.54, 1.807) is 5.57 Å². The summed E-state index contributed by atoms with van der Waals surface area (Å²) in [5.41, 5.74) is 1.58. The predicted molar refractivity (Wildman–Crippen MR) is 85.3 cm³/mol. The van der Waals surface area contributed by atoms with Crippen LogP contribution in [0.3, 0.4) is 0 Å². The van der Waals surface area contributed by atoms with E-state index < -0.39 is 0 Å². The van der Waals surface area contributed by atoms with E-state index in [1.807, 2.05) is 0 Å². The third kappa shape index (κ3) is 5.56. The zero-order valence-electron chi connectivity index (χ0n) is 13.9. The molecule has 0 atom stereocenters. The lowest BCUT2D eigenvalue weighted by molar-refractivity contribution is 0.143. The molecule has 0 spiro atoms. The smallest absolute Gasteiger partial charge is 0.0305 e. The highest BCUT2D eigenvalue weighted by Crippen LogP contribution is 2.20. The minimum absolute atomic E-state index is 0.675. The summed E-state index contributed by atoms with van der Waals surface area (Å²) in [7, 11) is 2.26. The summed E-state index contributed by atoms with van der Waals surface area (Å²) in [6.07, 6.45) is 6.21. The first-order valence-corrected chi connectivity index (χ1v) is 8.08. The summed E-state index contributed by atoms with van der Waals surface area (Å²) < 4.78 is 0. The number of likely N-dealkylation sites (tertiary alicyclic amines) is 1. The van der Waals surface area contributed by atoms with Gasteiger partial charge in [0.2, 0.25) is 0 Å². The normalized spacial score (nSPS) is 19.5. The van der Waals surface area contributed by atoms with Gasteiger partial charge in [0.15, 0.2) is 0 Å². The molecule has 1 aliphatic heterocycles. The van der Waals surface area contributed by atoms with E-state index in [4.69, 9.17) is 0 Å². The van der Waals surface area contributed by atoms with E-state index in [9.17, 15) is 0 Å². The van der Waals surface area contributed by atoms with Crippen LogP contribution in [0.1, 0.15) is 53.9 Å². The number of hydrogen-bond acceptors (Lipinski definition) is 2. The Morgan fingerprint density at radius 1 is 1.21 bits per heavy atom. The van der Waals surface area contributed by atoms with Gasteiger partial charge in [-0.3, -0.25) is 0 Å². The third-order valence-corrected chi connectivity index (χ3v) is 4.28. The SMILES string of the molecule is CC/C(=C\N(C)C1CCN(CC(C)C)CC1)C(C)C. The molecule has 1 aliphatic rings. The Balaban J connectivity index is 2.46. The van der Waals surface area contributed by atoms with Gasteiger partial charge in [0.25, 0.3) is 0 Å². The molecule has 19 heavy (non-hydrogen) atoms. The Bertz CT molecular complexity index is 273. The molecule has 1 fully saturated rings. The highest BCUT2D eigenvalue weighted by molar-refractivity contribution is 5.04. The largest absolute Gasteiger partial charge is 0.377 e. The van der Waals surface area contributed by atoms with Crippen molar-refractivity contribution >= 4 is 0 Å². The van der Waals surface area contributed by atoms with Crippen molar-refractivity contribution in [2.24, 2.45) is 11.8 Å². The molecule has 0 unspecified atom stereocenters. The van der Waals surface area contributed by atoms with Crippen LogP contribution in [0.2, 0.25) is 0 Å². The number of allylic oxidation sites excluding steroid dienone is 1. The Hall–Kier alpha value is -0.500. The summed E-state index contributed by atoms with van der Waals surface area (Å²) in [5, 5.41) is 0. The quantitative estimate of drug-likeness (QED) is 0.717. The fraction of sp³-hybridized carbons (Fsp3) is 0.882. The van der Waals surface area contributed by atoms with Crippen molar-refractivity contribution in [2.75, 3.05) is 26.7 Å². The van der Waals surface area contributed by atoms with Gasteiger partial charge in [0.05, 0.1) is 0 Å². The minimum Gasteiger partial charge on any atom is -0.377 e. The van der Waals surface area contributed by atoms with Crippen molar-refractivity contribution < 1.29 is 0 Å². The van der Waals surface area contributed by atoms with Crippen LogP contribution in [0.5, 0.6) is 0 Å². The fourth-order valence-electron chi connectivity index (χ4n) is 3.04. The molecular weight excluding hydrogens is 232 g/mol. The van der Waals surface area contributed by atoms with Crippen molar-refractivity contribution in [3.63, 3.8) is 0 Å². The molecule has 0 aliphatic carbocycles. The van der Waals surface area contributed by atoms with Crippen LogP contribution in [-0.2, 0) is 0 Å². The standard InChI is InChI=1S/C17H34N2/c1-7-16(15(4)5)13-18(6)17-8-10-19(11-9-17)12-14(2)3/h13-15,17H,7-12H2,1-6H3/b16-13+. The Labute approximate surface area is 120 Å². The van der Waals surface area contributed by atoms with E-state index in [2.05, 4.69) is 57.7 Å². The molecule has 0 aromatic heterocycles. The van der Waals surface area contributed by atoms with E-state index in [-0.39, 0.29) is 0 Å². The number of rotatable bonds is 6. The maximum Gasteiger partial charge on any atom is 0.0305 e. The summed E-state index contributed by atoms with van der Waals surface area (Å²) in [4.78, 5) is 5.10. The zero-order valence-corrected chi connectivity index (χ0v) is 13.9. The van der Waals surface area contributed by atoms with Crippen molar-refractivity contribution in [2.45, 2.75) is 59.9 Å².